The van der Waals surface area contributed by atoms with Gasteiger partial charge in [-0.3, -0.25) is 0 Å². The van der Waals surface area contributed by atoms with Gasteiger partial charge >= 0.3 is 0 Å². The van der Waals surface area contributed by atoms with Crippen LogP contribution in [0.2, 0.25) is 0 Å². The normalized spacial score (nSPS) is 13.3. The zero-order valence-electron chi connectivity index (χ0n) is 33.7. The van der Waals surface area contributed by atoms with Crippen LogP contribution in [0.4, 0.5) is 0 Å². The van der Waals surface area contributed by atoms with E-state index in [0.717, 1.165) is 0 Å². The number of nitrogens with zero attached hydrogens (tertiary/aromatic N) is 2. The number of benzene rings is 9. The molecule has 2 aromatic heterocycles. The van der Waals surface area contributed by atoms with Crippen molar-refractivity contribution in [2.24, 2.45) is 0 Å². The third-order valence-corrected chi connectivity index (χ3v) is 18.2. The highest BCUT2D eigenvalue weighted by atomic mass is 28.3. The number of para-hydroxylation sites is 3. The van der Waals surface area contributed by atoms with Crippen molar-refractivity contribution >= 4 is 72.4 Å². The molecule has 2 heterocycles. The standard InChI is InChI=1S/C57H42N2Si/c1-57(2)51-27-15-12-24-45(51)49-36-37-50-47-26-14-17-29-53(47)59(56(50)55(49)57)40-30-32-43(33-31-40)60(41-20-8-4-9-21-41,42-22-10-5-11-23-42)44-34-35-48-46-25-13-16-28-52(46)58(54(48)38-44)39-18-6-3-7-19-39/h3-38H,1-2H3. The minimum absolute atomic E-state index is 0.152. The molecule has 0 atom stereocenters. The van der Waals surface area contributed by atoms with Crippen molar-refractivity contribution < 1.29 is 0 Å². The van der Waals surface area contributed by atoms with Crippen LogP contribution in [0.3, 0.4) is 0 Å². The molecule has 1 aliphatic carbocycles. The van der Waals surface area contributed by atoms with Gasteiger partial charge in [0.1, 0.15) is 0 Å². The average molecular weight is 783 g/mol. The number of hydrogen-bond donors (Lipinski definition) is 0. The summed E-state index contributed by atoms with van der Waals surface area (Å²) in [6.07, 6.45) is 0. The maximum Gasteiger partial charge on any atom is 0.179 e. The van der Waals surface area contributed by atoms with Crippen molar-refractivity contribution in [3.8, 4) is 22.5 Å². The van der Waals surface area contributed by atoms with Crippen molar-refractivity contribution in [1.82, 2.24) is 9.13 Å². The van der Waals surface area contributed by atoms with Gasteiger partial charge in [0.15, 0.2) is 8.07 Å². The SMILES string of the molecule is CC1(C)c2ccccc2-c2ccc3c4ccccc4n(-c4ccc([Si](c5ccccc5)(c5ccccc5)c5ccc6c7ccccc7n(-c7ccccc7)c6c5)cc4)c3c21. The maximum atomic E-state index is 2.54. The van der Waals surface area contributed by atoms with E-state index < -0.39 is 8.07 Å². The molecule has 0 saturated heterocycles. The van der Waals surface area contributed by atoms with Crippen molar-refractivity contribution in [2.45, 2.75) is 19.3 Å². The summed E-state index contributed by atoms with van der Waals surface area (Å²) in [5, 5.41) is 10.5. The molecule has 0 bridgehead atoms. The molecule has 2 nitrogen and oxygen atoms in total. The Labute approximate surface area is 351 Å². The van der Waals surface area contributed by atoms with Gasteiger partial charge in [0.25, 0.3) is 0 Å². The van der Waals surface area contributed by atoms with Gasteiger partial charge in [-0.25, -0.2) is 0 Å². The quantitative estimate of drug-likeness (QED) is 0.117. The summed E-state index contributed by atoms with van der Waals surface area (Å²) in [7, 11) is -2.91. The third kappa shape index (κ3) is 4.81. The van der Waals surface area contributed by atoms with Crippen LogP contribution in [0.5, 0.6) is 0 Å². The van der Waals surface area contributed by atoms with Gasteiger partial charge in [-0.15, -0.1) is 0 Å². The fourth-order valence-electron chi connectivity index (χ4n) is 10.9. The first-order valence-electron chi connectivity index (χ1n) is 21.0. The smallest absolute Gasteiger partial charge is 0.179 e. The van der Waals surface area contributed by atoms with Crippen molar-refractivity contribution in [2.75, 3.05) is 0 Å². The summed E-state index contributed by atoms with van der Waals surface area (Å²) < 4.78 is 4.99. The van der Waals surface area contributed by atoms with Gasteiger partial charge in [0, 0.05) is 38.3 Å². The van der Waals surface area contributed by atoms with E-state index in [1.165, 1.54) is 98.0 Å². The predicted octanol–water partition coefficient (Wildman–Crippen LogP) is 11.6. The summed E-state index contributed by atoms with van der Waals surface area (Å²) in [5.41, 5.74) is 12.6. The molecule has 12 rings (SSSR count). The van der Waals surface area contributed by atoms with Crippen LogP contribution >= 0.6 is 0 Å². The van der Waals surface area contributed by atoms with E-state index in [4.69, 9.17) is 0 Å². The third-order valence-electron chi connectivity index (χ3n) is 13.4. The van der Waals surface area contributed by atoms with Gasteiger partial charge in [0.05, 0.1) is 22.1 Å². The first-order valence-corrected chi connectivity index (χ1v) is 23.0. The number of rotatable bonds is 6. The molecule has 284 valence electrons. The summed E-state index contributed by atoms with van der Waals surface area (Å²) in [6.45, 7) is 4.80. The lowest BCUT2D eigenvalue weighted by atomic mass is 9.81. The van der Waals surface area contributed by atoms with E-state index in [1.807, 2.05) is 0 Å². The minimum atomic E-state index is -2.91. The van der Waals surface area contributed by atoms with Crippen LogP contribution in [0.1, 0.15) is 25.0 Å². The highest BCUT2D eigenvalue weighted by molar-refractivity contribution is 7.20. The summed E-state index contributed by atoms with van der Waals surface area (Å²) in [5.74, 6) is 0. The number of hydrogen-bond acceptors (Lipinski definition) is 0. The van der Waals surface area contributed by atoms with E-state index in [9.17, 15) is 0 Å². The topological polar surface area (TPSA) is 9.86 Å². The van der Waals surface area contributed by atoms with Gasteiger partial charge in [0.2, 0.25) is 0 Å². The van der Waals surface area contributed by atoms with Crippen molar-refractivity contribution in [1.29, 1.82) is 0 Å². The Morgan fingerprint density at radius 2 is 0.833 bits per heavy atom. The summed E-state index contributed by atoms with van der Waals surface area (Å²) in [6, 6.07) is 81.9. The van der Waals surface area contributed by atoms with Crippen LogP contribution in [0.25, 0.3) is 66.1 Å². The predicted molar refractivity (Wildman–Crippen MR) is 256 cm³/mol. The molecule has 0 radical (unpaired) electrons. The second-order valence-corrected chi connectivity index (χ2v) is 20.7. The zero-order chi connectivity index (χ0) is 40.0. The molecule has 0 unspecified atom stereocenters. The minimum Gasteiger partial charge on any atom is -0.309 e. The molecular formula is C57H42N2Si. The lowest BCUT2D eigenvalue weighted by molar-refractivity contribution is 0.664. The molecule has 0 fully saturated rings. The van der Waals surface area contributed by atoms with Crippen molar-refractivity contribution in [3.63, 3.8) is 0 Å². The molecule has 0 N–H and O–H groups in total. The Hall–Kier alpha value is -7.20. The average Bonchev–Trinajstić information content (AvgIpc) is 3.91. The van der Waals surface area contributed by atoms with Crippen LogP contribution < -0.4 is 20.7 Å². The second kappa shape index (κ2) is 13.2. The van der Waals surface area contributed by atoms with Gasteiger partial charge < -0.3 is 9.13 Å². The lowest BCUT2D eigenvalue weighted by Gasteiger charge is -2.34. The zero-order valence-corrected chi connectivity index (χ0v) is 34.7. The molecule has 0 saturated carbocycles. The Morgan fingerprint density at radius 3 is 1.52 bits per heavy atom. The first-order chi connectivity index (χ1) is 29.5. The molecule has 0 spiro atoms. The Balaban J connectivity index is 1.13. The molecule has 0 aliphatic heterocycles. The first kappa shape index (κ1) is 34.8. The summed E-state index contributed by atoms with van der Waals surface area (Å²) in [4.78, 5) is 0. The van der Waals surface area contributed by atoms with Crippen molar-refractivity contribution in [3.05, 3.63) is 230 Å². The highest BCUT2D eigenvalue weighted by Gasteiger charge is 2.42. The van der Waals surface area contributed by atoms with E-state index in [0.29, 0.717) is 0 Å². The van der Waals surface area contributed by atoms with E-state index in [1.54, 1.807) is 0 Å². The van der Waals surface area contributed by atoms with Gasteiger partial charge in [-0.05, 0) is 85.5 Å². The van der Waals surface area contributed by atoms with E-state index in [-0.39, 0.29) is 5.41 Å². The highest BCUT2D eigenvalue weighted by Crippen LogP contribution is 2.52. The Bertz CT molecular complexity index is 3390. The monoisotopic (exact) mass is 782 g/mol. The molecule has 9 aromatic carbocycles. The molecule has 0 amide bonds. The van der Waals surface area contributed by atoms with Gasteiger partial charge in [-0.2, -0.15) is 0 Å². The lowest BCUT2D eigenvalue weighted by Crippen LogP contribution is -2.74. The molecule has 60 heavy (non-hydrogen) atoms. The fraction of sp³-hybridized carbons (Fsp3) is 0.0526. The summed E-state index contributed by atoms with van der Waals surface area (Å²) >= 11 is 0. The van der Waals surface area contributed by atoms with Crippen LogP contribution in [0, 0.1) is 0 Å². The van der Waals surface area contributed by atoms with Crippen LogP contribution in [-0.2, 0) is 5.41 Å². The van der Waals surface area contributed by atoms with Crippen LogP contribution in [0.15, 0.2) is 218 Å². The number of aromatic nitrogens is 2. The van der Waals surface area contributed by atoms with E-state index in [2.05, 4.69) is 241 Å². The van der Waals surface area contributed by atoms with Crippen LogP contribution in [-0.4, -0.2) is 17.2 Å². The largest absolute Gasteiger partial charge is 0.309 e. The Morgan fingerprint density at radius 1 is 0.350 bits per heavy atom. The van der Waals surface area contributed by atoms with Gasteiger partial charge in [-0.1, -0.05) is 190 Å². The maximum absolute atomic E-state index is 2.91. The fourth-order valence-corrected chi connectivity index (χ4v) is 15.6. The molecule has 1 aliphatic rings. The Kier molecular flexibility index (Phi) is 7.63. The number of fused-ring (bicyclic) bond motifs is 10. The molecular weight excluding hydrogens is 741 g/mol. The molecule has 11 aromatic rings. The second-order valence-electron chi connectivity index (χ2n) is 16.9. The van der Waals surface area contributed by atoms with E-state index >= 15 is 0 Å². The molecule has 3 heteroatoms.